The van der Waals surface area contributed by atoms with Gasteiger partial charge in [-0.2, -0.15) is 0 Å². The van der Waals surface area contributed by atoms with Crippen LogP contribution in [0.4, 0.5) is 0 Å². The monoisotopic (exact) mass is 280 g/mol. The standard InChI is InChI=1S/C18H32O2/c1-14(2)8-7-9-18(19)20-13-17(6)12-16(5)11-10-15(3)4/h8,10,16-17H,7,9,11-13H2,1-6H3. The highest BCUT2D eigenvalue weighted by Gasteiger charge is 2.10. The molecule has 0 aromatic carbocycles. The van der Waals surface area contributed by atoms with Crippen LogP contribution in [-0.4, -0.2) is 12.6 Å². The summed E-state index contributed by atoms with van der Waals surface area (Å²) in [5.41, 5.74) is 2.62. The highest BCUT2D eigenvalue weighted by Crippen LogP contribution is 2.17. The van der Waals surface area contributed by atoms with Gasteiger partial charge in [-0.3, -0.25) is 4.79 Å². The van der Waals surface area contributed by atoms with Crippen LogP contribution in [-0.2, 0) is 9.53 Å². The van der Waals surface area contributed by atoms with Crippen LogP contribution in [0.2, 0.25) is 0 Å². The van der Waals surface area contributed by atoms with Crippen LogP contribution in [0.5, 0.6) is 0 Å². The molecule has 0 saturated heterocycles. The number of allylic oxidation sites excluding steroid dienone is 4. The number of carbonyl (C=O) groups is 1. The van der Waals surface area contributed by atoms with Crippen LogP contribution >= 0.6 is 0 Å². The van der Waals surface area contributed by atoms with Gasteiger partial charge >= 0.3 is 5.97 Å². The summed E-state index contributed by atoms with van der Waals surface area (Å²) in [4.78, 5) is 11.6. The van der Waals surface area contributed by atoms with E-state index in [9.17, 15) is 4.79 Å². The Balaban J connectivity index is 3.81. The molecule has 0 aromatic rings. The zero-order chi connectivity index (χ0) is 15.5. The second-order valence-electron chi connectivity index (χ2n) is 6.47. The molecule has 0 aromatic heterocycles. The number of hydrogen-bond acceptors (Lipinski definition) is 2. The van der Waals surface area contributed by atoms with Crippen molar-refractivity contribution in [2.75, 3.05) is 6.61 Å². The van der Waals surface area contributed by atoms with E-state index in [1.165, 1.54) is 11.1 Å². The highest BCUT2D eigenvalue weighted by molar-refractivity contribution is 5.69. The Morgan fingerprint density at radius 1 is 1.00 bits per heavy atom. The molecule has 0 radical (unpaired) electrons. The normalized spacial score (nSPS) is 13.3. The molecule has 2 unspecified atom stereocenters. The molecule has 0 N–H and O–H groups in total. The second kappa shape index (κ2) is 10.7. The van der Waals surface area contributed by atoms with Crippen LogP contribution < -0.4 is 0 Å². The third-order valence-corrected chi connectivity index (χ3v) is 3.16. The van der Waals surface area contributed by atoms with Crippen LogP contribution in [0.25, 0.3) is 0 Å². The summed E-state index contributed by atoms with van der Waals surface area (Å²) >= 11 is 0. The first-order valence-electron chi connectivity index (χ1n) is 7.73. The third-order valence-electron chi connectivity index (χ3n) is 3.16. The van der Waals surface area contributed by atoms with Gasteiger partial charge in [0, 0.05) is 6.42 Å². The first kappa shape index (κ1) is 18.9. The van der Waals surface area contributed by atoms with Crippen LogP contribution in [0.15, 0.2) is 23.3 Å². The molecule has 0 aliphatic carbocycles. The average molecular weight is 280 g/mol. The number of hydrogen-bond donors (Lipinski definition) is 0. The number of rotatable bonds is 9. The maximum atomic E-state index is 11.6. The predicted molar refractivity (Wildman–Crippen MR) is 86.6 cm³/mol. The minimum absolute atomic E-state index is 0.0775. The first-order valence-corrected chi connectivity index (χ1v) is 7.73. The van der Waals surface area contributed by atoms with Crippen molar-refractivity contribution in [2.24, 2.45) is 11.8 Å². The lowest BCUT2D eigenvalue weighted by molar-refractivity contribution is -0.144. The molecular weight excluding hydrogens is 248 g/mol. The third kappa shape index (κ3) is 12.0. The molecule has 2 heteroatoms. The maximum Gasteiger partial charge on any atom is 0.306 e. The van der Waals surface area contributed by atoms with Crippen molar-refractivity contribution in [3.8, 4) is 0 Å². The van der Waals surface area contributed by atoms with E-state index in [1.54, 1.807) is 0 Å². The molecule has 0 aliphatic heterocycles. The van der Waals surface area contributed by atoms with Crippen molar-refractivity contribution in [3.63, 3.8) is 0 Å². The summed E-state index contributed by atoms with van der Waals surface area (Å²) in [5, 5.41) is 0. The Labute approximate surface area is 125 Å². The molecule has 20 heavy (non-hydrogen) atoms. The van der Waals surface area contributed by atoms with Gasteiger partial charge in [-0.1, -0.05) is 37.1 Å². The van der Waals surface area contributed by atoms with E-state index in [0.717, 1.165) is 19.3 Å². The molecule has 0 bridgehead atoms. The molecule has 0 spiro atoms. The van der Waals surface area contributed by atoms with Crippen molar-refractivity contribution >= 4 is 5.97 Å². The Morgan fingerprint density at radius 2 is 1.60 bits per heavy atom. The second-order valence-corrected chi connectivity index (χ2v) is 6.47. The molecule has 0 heterocycles. The lowest BCUT2D eigenvalue weighted by Crippen LogP contribution is -2.14. The minimum atomic E-state index is -0.0775. The van der Waals surface area contributed by atoms with E-state index in [0.29, 0.717) is 24.9 Å². The van der Waals surface area contributed by atoms with Crippen molar-refractivity contribution in [1.29, 1.82) is 0 Å². The molecular formula is C18H32O2. The van der Waals surface area contributed by atoms with E-state index in [4.69, 9.17) is 4.74 Å². The Kier molecular flexibility index (Phi) is 10.1. The van der Waals surface area contributed by atoms with Crippen LogP contribution in [0, 0.1) is 11.8 Å². The Bertz CT molecular complexity index is 331. The van der Waals surface area contributed by atoms with Gasteiger partial charge in [0.2, 0.25) is 0 Å². The molecule has 0 saturated carbocycles. The molecule has 2 atom stereocenters. The van der Waals surface area contributed by atoms with Crippen LogP contribution in [0.3, 0.4) is 0 Å². The van der Waals surface area contributed by atoms with Gasteiger partial charge in [0.15, 0.2) is 0 Å². The van der Waals surface area contributed by atoms with Gasteiger partial charge in [-0.05, 0) is 58.8 Å². The van der Waals surface area contributed by atoms with Crippen molar-refractivity contribution in [2.45, 2.75) is 67.2 Å². The topological polar surface area (TPSA) is 26.3 Å². The van der Waals surface area contributed by atoms with E-state index in [1.807, 2.05) is 13.8 Å². The Hall–Kier alpha value is -1.05. The molecule has 2 nitrogen and oxygen atoms in total. The summed E-state index contributed by atoms with van der Waals surface area (Å²) in [5.74, 6) is 0.999. The van der Waals surface area contributed by atoms with E-state index in [2.05, 4.69) is 39.8 Å². The fourth-order valence-corrected chi connectivity index (χ4v) is 2.07. The first-order chi connectivity index (χ1) is 9.31. The summed E-state index contributed by atoms with van der Waals surface area (Å²) in [6.07, 6.45) is 7.85. The summed E-state index contributed by atoms with van der Waals surface area (Å²) < 4.78 is 5.33. The highest BCUT2D eigenvalue weighted by atomic mass is 16.5. The number of ether oxygens (including phenoxy) is 1. The summed E-state index contributed by atoms with van der Waals surface area (Å²) in [6.45, 7) is 13.3. The smallest absolute Gasteiger partial charge is 0.306 e. The Morgan fingerprint density at radius 3 is 2.15 bits per heavy atom. The summed E-state index contributed by atoms with van der Waals surface area (Å²) in [7, 11) is 0. The fraction of sp³-hybridized carbons (Fsp3) is 0.722. The lowest BCUT2D eigenvalue weighted by atomic mass is 9.94. The zero-order valence-electron chi connectivity index (χ0n) is 14.2. The molecule has 0 amide bonds. The van der Waals surface area contributed by atoms with Crippen molar-refractivity contribution < 1.29 is 9.53 Å². The summed E-state index contributed by atoms with van der Waals surface area (Å²) in [6, 6.07) is 0. The van der Waals surface area contributed by atoms with E-state index < -0.39 is 0 Å². The average Bonchev–Trinajstić information content (AvgIpc) is 2.33. The molecule has 0 fully saturated rings. The maximum absolute atomic E-state index is 11.6. The van der Waals surface area contributed by atoms with Crippen molar-refractivity contribution in [1.82, 2.24) is 0 Å². The fourth-order valence-electron chi connectivity index (χ4n) is 2.07. The van der Waals surface area contributed by atoms with Gasteiger partial charge < -0.3 is 4.74 Å². The minimum Gasteiger partial charge on any atom is -0.465 e. The zero-order valence-corrected chi connectivity index (χ0v) is 14.2. The van der Waals surface area contributed by atoms with Gasteiger partial charge in [0.1, 0.15) is 0 Å². The number of carbonyl (C=O) groups excluding carboxylic acids is 1. The van der Waals surface area contributed by atoms with Gasteiger partial charge in [0.25, 0.3) is 0 Å². The quantitative estimate of drug-likeness (QED) is 0.423. The van der Waals surface area contributed by atoms with Gasteiger partial charge in [-0.15, -0.1) is 0 Å². The SMILES string of the molecule is CC(C)=CCCC(=O)OCC(C)CC(C)CC=C(C)C. The van der Waals surface area contributed by atoms with E-state index >= 15 is 0 Å². The number of esters is 1. The largest absolute Gasteiger partial charge is 0.465 e. The molecule has 0 aliphatic rings. The van der Waals surface area contributed by atoms with Crippen molar-refractivity contribution in [3.05, 3.63) is 23.3 Å². The van der Waals surface area contributed by atoms with Gasteiger partial charge in [-0.25, -0.2) is 0 Å². The predicted octanol–water partition coefficient (Wildman–Crippen LogP) is 5.29. The molecule has 116 valence electrons. The molecule has 0 rings (SSSR count). The van der Waals surface area contributed by atoms with Gasteiger partial charge in [0.05, 0.1) is 6.61 Å². The lowest BCUT2D eigenvalue weighted by Gasteiger charge is -2.16. The van der Waals surface area contributed by atoms with E-state index in [-0.39, 0.29) is 5.97 Å². The van der Waals surface area contributed by atoms with Crippen LogP contribution in [0.1, 0.15) is 67.2 Å².